The number of aromatic nitrogens is 2. The fourth-order valence-corrected chi connectivity index (χ4v) is 2.56. The van der Waals surface area contributed by atoms with Gasteiger partial charge in [-0.15, -0.1) is 0 Å². The zero-order chi connectivity index (χ0) is 14.7. The van der Waals surface area contributed by atoms with Crippen LogP contribution in [0.1, 0.15) is 24.3 Å². The van der Waals surface area contributed by atoms with E-state index in [1.54, 1.807) is 23.7 Å². The van der Waals surface area contributed by atoms with Crippen LogP contribution in [-0.4, -0.2) is 21.1 Å². The molecule has 106 valence electrons. The molecule has 2 aromatic rings. The first-order valence-electron chi connectivity index (χ1n) is 6.38. The minimum absolute atomic E-state index is 0.0312. The number of carbonyl (C=O) groups excluding carboxylic acids is 1. The van der Waals surface area contributed by atoms with E-state index in [0.717, 1.165) is 17.0 Å². The van der Waals surface area contributed by atoms with Crippen molar-refractivity contribution in [2.45, 2.75) is 33.4 Å². The van der Waals surface area contributed by atoms with Gasteiger partial charge in [-0.1, -0.05) is 17.4 Å². The average Bonchev–Trinajstić information content (AvgIpc) is 2.70. The summed E-state index contributed by atoms with van der Waals surface area (Å²) in [6, 6.07) is 5.51. The van der Waals surface area contributed by atoms with Gasteiger partial charge in [0.15, 0.2) is 0 Å². The molecule has 2 aromatic heterocycles. The molecule has 0 fully saturated rings. The van der Waals surface area contributed by atoms with Crippen molar-refractivity contribution < 1.29 is 4.79 Å². The Morgan fingerprint density at radius 1 is 1.40 bits per heavy atom. The van der Waals surface area contributed by atoms with E-state index in [0.29, 0.717) is 5.49 Å². The predicted molar refractivity (Wildman–Crippen MR) is 79.1 cm³/mol. The van der Waals surface area contributed by atoms with E-state index in [1.165, 1.54) is 9.13 Å². The monoisotopic (exact) mass is 291 g/mol. The molecule has 0 saturated heterocycles. The topological polar surface area (TPSA) is 56.4 Å². The van der Waals surface area contributed by atoms with Gasteiger partial charge in [-0.25, -0.2) is 0 Å². The van der Waals surface area contributed by atoms with Crippen molar-refractivity contribution in [3.8, 4) is 0 Å². The van der Waals surface area contributed by atoms with Crippen LogP contribution in [0.2, 0.25) is 0 Å². The minimum Gasteiger partial charge on any atom is -0.294 e. The second-order valence-electron chi connectivity index (χ2n) is 4.77. The Morgan fingerprint density at radius 3 is 2.75 bits per heavy atom. The summed E-state index contributed by atoms with van der Waals surface area (Å²) >= 11 is 1.11. The maximum absolute atomic E-state index is 12.4. The first-order chi connectivity index (χ1) is 9.49. The second-order valence-corrected chi connectivity index (χ2v) is 5.60. The van der Waals surface area contributed by atoms with Crippen molar-refractivity contribution in [2.24, 2.45) is 4.99 Å². The molecule has 5 nitrogen and oxygen atoms in total. The second kappa shape index (κ2) is 6.00. The molecule has 0 aliphatic heterocycles. The third kappa shape index (κ3) is 3.14. The van der Waals surface area contributed by atoms with Gasteiger partial charge in [0.25, 0.3) is 5.91 Å². The molecule has 0 bridgehead atoms. The molecule has 0 unspecified atom stereocenters. The summed E-state index contributed by atoms with van der Waals surface area (Å²) in [7, 11) is 0. The van der Waals surface area contributed by atoms with Crippen LogP contribution in [0.25, 0.3) is 0 Å². The highest BCUT2D eigenvalue weighted by molar-refractivity contribution is 7.07. The summed E-state index contributed by atoms with van der Waals surface area (Å²) in [5, 5.41) is 1.75. The number of carbonyl (C=O) groups is 1. The van der Waals surface area contributed by atoms with Crippen LogP contribution in [0.15, 0.2) is 39.6 Å². The molecule has 0 N–H and O–H groups in total. The van der Waals surface area contributed by atoms with Gasteiger partial charge in [-0.05, 0) is 32.9 Å². The van der Waals surface area contributed by atoms with Crippen molar-refractivity contribution in [2.75, 3.05) is 0 Å². The molecule has 0 aliphatic carbocycles. The van der Waals surface area contributed by atoms with Crippen molar-refractivity contribution in [1.29, 1.82) is 0 Å². The average molecular weight is 291 g/mol. The van der Waals surface area contributed by atoms with Gasteiger partial charge in [-0.3, -0.25) is 23.7 Å². The molecule has 0 radical (unpaired) electrons. The molecule has 0 atom stereocenters. The highest BCUT2D eigenvalue weighted by atomic mass is 32.1. The molecule has 0 amide bonds. The summed E-state index contributed by atoms with van der Waals surface area (Å²) in [4.78, 5) is 28.3. The molecule has 2 rings (SSSR count). The Morgan fingerprint density at radius 2 is 2.15 bits per heavy atom. The molecule has 6 heteroatoms. The van der Waals surface area contributed by atoms with E-state index < -0.39 is 0 Å². The first-order valence-corrected chi connectivity index (χ1v) is 7.26. The summed E-state index contributed by atoms with van der Waals surface area (Å²) in [5.74, 6) is -0.173. The number of nitrogens with zero attached hydrogens (tertiary/aromatic N) is 3. The summed E-state index contributed by atoms with van der Waals surface area (Å²) in [5.41, 5.74) is 1.40. The van der Waals surface area contributed by atoms with Gasteiger partial charge in [0, 0.05) is 23.3 Å². The molecule has 20 heavy (non-hydrogen) atoms. The van der Waals surface area contributed by atoms with Gasteiger partial charge in [0.2, 0.25) is 0 Å². The number of pyridine rings is 1. The van der Waals surface area contributed by atoms with Crippen LogP contribution in [-0.2, 0) is 6.54 Å². The minimum atomic E-state index is -0.173. The molecule has 0 aliphatic rings. The number of hydrogen-bond acceptors (Lipinski definition) is 4. The van der Waals surface area contributed by atoms with Crippen LogP contribution in [0.4, 0.5) is 0 Å². The lowest BCUT2D eigenvalue weighted by Crippen LogP contribution is -2.32. The van der Waals surface area contributed by atoms with Crippen LogP contribution in [0, 0.1) is 6.92 Å². The van der Waals surface area contributed by atoms with Gasteiger partial charge in [0.1, 0.15) is 12.0 Å². The van der Waals surface area contributed by atoms with Gasteiger partial charge in [0.05, 0.1) is 0 Å². The first kappa shape index (κ1) is 14.5. The lowest BCUT2D eigenvalue weighted by molar-refractivity contribution is 0.0884. The Balaban J connectivity index is 2.38. The normalized spacial score (nSPS) is 12.1. The molecule has 0 aromatic carbocycles. The van der Waals surface area contributed by atoms with Crippen LogP contribution in [0.3, 0.4) is 0 Å². The Labute approximate surface area is 120 Å². The quantitative estimate of drug-likeness (QED) is 0.863. The highest BCUT2D eigenvalue weighted by Gasteiger charge is 2.10. The maximum Gasteiger partial charge on any atom is 0.307 e. The molecule has 2 heterocycles. The van der Waals surface area contributed by atoms with E-state index in [9.17, 15) is 9.59 Å². The van der Waals surface area contributed by atoms with Crippen LogP contribution >= 0.6 is 11.3 Å². The van der Waals surface area contributed by atoms with E-state index in [4.69, 9.17) is 0 Å². The van der Waals surface area contributed by atoms with E-state index in [2.05, 4.69) is 4.99 Å². The molecular formula is C14H17N3O2S. The predicted octanol–water partition coefficient (Wildman–Crippen LogP) is 1.67. The smallest absolute Gasteiger partial charge is 0.294 e. The molecule has 0 spiro atoms. The SMILES string of the molecule is Cc1csc(=O)n1CC(=O)n1ccccc1=NC(C)C. The summed E-state index contributed by atoms with van der Waals surface area (Å²) in [6.45, 7) is 5.76. The van der Waals surface area contributed by atoms with Crippen LogP contribution < -0.4 is 10.4 Å². The Hall–Kier alpha value is -1.95. The number of rotatable bonds is 3. The number of thiazole rings is 1. The highest BCUT2D eigenvalue weighted by Crippen LogP contribution is 2.00. The van der Waals surface area contributed by atoms with Gasteiger partial charge >= 0.3 is 4.87 Å². The number of aryl methyl sites for hydroxylation is 1. The zero-order valence-corrected chi connectivity index (χ0v) is 12.6. The Kier molecular flexibility index (Phi) is 4.34. The standard InChI is InChI=1S/C14H17N3O2S/c1-10(2)15-12-6-4-5-7-16(12)13(18)8-17-11(3)9-20-14(17)19/h4-7,9-10H,8H2,1-3H3. The maximum atomic E-state index is 12.4. The van der Waals surface area contributed by atoms with Gasteiger partial charge in [-0.2, -0.15) is 0 Å². The lowest BCUT2D eigenvalue weighted by atomic mass is 10.4. The van der Waals surface area contributed by atoms with Crippen molar-refractivity contribution in [3.05, 3.63) is 50.6 Å². The molecular weight excluding hydrogens is 274 g/mol. The summed E-state index contributed by atoms with van der Waals surface area (Å²) in [6.07, 6.45) is 1.68. The fraction of sp³-hybridized carbons (Fsp3) is 0.357. The third-order valence-corrected chi connectivity index (χ3v) is 3.65. The van der Waals surface area contributed by atoms with E-state index in [1.807, 2.05) is 26.8 Å². The third-order valence-electron chi connectivity index (χ3n) is 2.77. The van der Waals surface area contributed by atoms with Crippen molar-refractivity contribution >= 4 is 17.2 Å². The Bertz CT molecular complexity index is 737. The number of hydrogen-bond donors (Lipinski definition) is 0. The van der Waals surface area contributed by atoms with Crippen molar-refractivity contribution in [3.63, 3.8) is 0 Å². The zero-order valence-electron chi connectivity index (χ0n) is 11.7. The summed E-state index contributed by atoms with van der Waals surface area (Å²) < 4.78 is 2.97. The van der Waals surface area contributed by atoms with E-state index >= 15 is 0 Å². The lowest BCUT2D eigenvalue weighted by Gasteiger charge is -2.08. The van der Waals surface area contributed by atoms with Crippen LogP contribution in [0.5, 0.6) is 0 Å². The molecule has 0 saturated carbocycles. The van der Waals surface area contributed by atoms with E-state index in [-0.39, 0.29) is 23.4 Å². The fourth-order valence-electron chi connectivity index (χ4n) is 1.82. The largest absolute Gasteiger partial charge is 0.307 e. The van der Waals surface area contributed by atoms with Crippen molar-refractivity contribution in [1.82, 2.24) is 9.13 Å². The van der Waals surface area contributed by atoms with Gasteiger partial charge < -0.3 is 0 Å².